The number of phosphoric ester groups is 2. The first-order valence-corrected chi connectivity index (χ1v) is 40.7. The summed E-state index contributed by atoms with van der Waals surface area (Å²) in [6, 6.07) is 0. The van der Waals surface area contributed by atoms with Crippen LogP contribution in [0.4, 0.5) is 17.5 Å². The number of nitrogens with zero attached hydrogens (tertiary/aromatic N) is 12. The van der Waals surface area contributed by atoms with Crippen molar-refractivity contribution in [1.29, 1.82) is 0 Å². The van der Waals surface area contributed by atoms with Crippen LogP contribution in [0.2, 0.25) is 0 Å². The number of nitrogen functional groups attached to an aromatic ring is 3. The first kappa shape index (κ1) is 83.0. The quantitative estimate of drug-likeness (QED) is 0.00894. The van der Waals surface area contributed by atoms with Crippen LogP contribution in [0.25, 0.3) is 33.5 Å². The molecule has 9 heterocycles. The monoisotopic (exact) mass is 1530 g/mol. The highest BCUT2D eigenvalue weighted by molar-refractivity contribution is 7.47. The highest BCUT2D eigenvalue weighted by atomic mass is 31.2. The number of imidazole rings is 3. The summed E-state index contributed by atoms with van der Waals surface area (Å²) >= 11 is 0. The molecule has 6 aromatic heterocycles. The molecule has 37 heteroatoms. The minimum atomic E-state index is -5.15. The van der Waals surface area contributed by atoms with Crippen LogP contribution in [-0.4, -0.2) is 173 Å². The van der Waals surface area contributed by atoms with E-state index in [1.807, 2.05) is 0 Å². The third-order valence-corrected chi connectivity index (χ3v) is 20.9. The maximum atomic E-state index is 14.1. The van der Waals surface area contributed by atoms with Crippen molar-refractivity contribution in [2.45, 2.75) is 287 Å². The van der Waals surface area contributed by atoms with Gasteiger partial charge in [-0.3, -0.25) is 51.0 Å². The molecule has 0 saturated carbocycles. The van der Waals surface area contributed by atoms with Crippen molar-refractivity contribution in [3.8, 4) is 0 Å². The minimum Gasteiger partial charge on any atom is -0.463 e. The molecule has 9 rings (SSSR count). The Morgan fingerprint density at radius 3 is 1.18 bits per heavy atom. The normalized spacial score (nSPS) is 21.7. The van der Waals surface area contributed by atoms with Gasteiger partial charge in [0, 0.05) is 32.1 Å². The van der Waals surface area contributed by atoms with Gasteiger partial charge >= 0.3 is 39.5 Å². The van der Waals surface area contributed by atoms with Crippen molar-refractivity contribution in [3.63, 3.8) is 0 Å². The van der Waals surface area contributed by atoms with E-state index in [1.54, 1.807) is 0 Å². The maximum absolute atomic E-state index is 14.1. The molecule has 9 N–H and O–H groups in total. The fourth-order valence-electron chi connectivity index (χ4n) is 13.3. The molecular weight excluding hydrogens is 1420 g/mol. The van der Waals surface area contributed by atoms with Crippen molar-refractivity contribution >= 4 is 90.5 Å². The van der Waals surface area contributed by atoms with Gasteiger partial charge in [0.25, 0.3) is 0 Å². The Kier molecular flexibility index (Phi) is 33.4. The third-order valence-electron chi connectivity index (χ3n) is 18.9. The molecule has 35 nitrogen and oxygen atoms in total. The van der Waals surface area contributed by atoms with Crippen LogP contribution in [-0.2, 0) is 79.6 Å². The number of anilines is 3. The molecule has 0 aliphatic carbocycles. The summed E-state index contributed by atoms with van der Waals surface area (Å²) in [4.78, 5) is 113. The van der Waals surface area contributed by atoms with Gasteiger partial charge in [-0.2, -0.15) is 0 Å². The summed E-state index contributed by atoms with van der Waals surface area (Å²) in [5.41, 5.74) is 19.4. The molecule has 3 aliphatic heterocycles. The summed E-state index contributed by atoms with van der Waals surface area (Å²) in [5.74, 6) is -2.43. The second kappa shape index (κ2) is 42.7. The van der Waals surface area contributed by atoms with Crippen LogP contribution in [0.3, 0.4) is 0 Å². The van der Waals surface area contributed by atoms with E-state index in [-0.39, 0.29) is 89.7 Å². The predicted molar refractivity (Wildman–Crippen MR) is 385 cm³/mol. The Morgan fingerprint density at radius 2 is 0.774 bits per heavy atom. The molecular formula is C69H107N15O20P2. The van der Waals surface area contributed by atoms with Crippen LogP contribution in [0.15, 0.2) is 38.0 Å². The zero-order valence-corrected chi connectivity index (χ0v) is 62.7. The van der Waals surface area contributed by atoms with Crippen LogP contribution >= 0.6 is 15.6 Å². The lowest BCUT2D eigenvalue weighted by Crippen LogP contribution is -2.31. The fraction of sp³-hybridized carbons (Fsp3) is 0.725. The zero-order valence-electron chi connectivity index (χ0n) is 60.9. The minimum absolute atomic E-state index is 0.0153. The smallest absolute Gasteiger partial charge is 0.463 e. The van der Waals surface area contributed by atoms with Crippen molar-refractivity contribution in [3.05, 3.63) is 38.0 Å². The number of ether oxygens (including phenoxy) is 7. The molecule has 106 heavy (non-hydrogen) atoms. The van der Waals surface area contributed by atoms with Gasteiger partial charge in [0.1, 0.15) is 73.7 Å². The standard InChI is InChI=1S/C69H107N15O20P2/c1-3-5-7-9-11-13-15-17-19-21-23-25-27-29-54(86)95-37-50(99-57(89)30-28-26-24-22-20-18-16-14-12-10-8-6-4-2)38-96-56(88)32-31-55(87)94-36-48-34-52(68(101-48)83-45-80-59-62(71)74-42-77-65(59)83)103-106(92,93)98-40-49-35-53(69(102-49)84-46-81-60-63(72)75-43-78-66(60)84)104-105(90,91)97-39-47-33-51(85)67(100-47)82-44-79-58-61(70)73-41-76-64(58)82/h41-53,67-69,85H,3-40H2,1-2H3,(H,90,91)(H,92,93)(H2,70,73,76)(H2,71,74,77)(H2,72,75,78)/t47-,48?,49-,50?,51+,52+,53+,67+,68+,69+/m0/s1. The van der Waals surface area contributed by atoms with Crippen LogP contribution in [0, 0.1) is 0 Å². The summed E-state index contributed by atoms with van der Waals surface area (Å²) in [7, 11) is -10.2. The fourth-order valence-corrected chi connectivity index (χ4v) is 15.1. The zero-order chi connectivity index (χ0) is 75.3. The first-order valence-electron chi connectivity index (χ1n) is 37.7. The number of carbonyl (C=O) groups excluding carboxylic acids is 4. The number of aliphatic hydroxyl groups is 1. The highest BCUT2D eigenvalue weighted by Crippen LogP contribution is 2.53. The molecule has 3 saturated heterocycles. The van der Waals surface area contributed by atoms with Crippen molar-refractivity contribution < 1.29 is 94.5 Å². The van der Waals surface area contributed by atoms with Crippen molar-refractivity contribution in [2.75, 3.05) is 50.2 Å². The van der Waals surface area contributed by atoms with Gasteiger partial charge in [0.15, 0.2) is 59.2 Å². The topological polar surface area (TPSA) is 473 Å². The number of fused-ring (bicyclic) bond motifs is 3. The number of phosphoric acid groups is 2. The maximum Gasteiger partial charge on any atom is 0.472 e. The number of aliphatic hydroxyl groups excluding tert-OH is 1. The van der Waals surface area contributed by atoms with Gasteiger partial charge in [0.2, 0.25) is 0 Å². The Balaban J connectivity index is 0.747. The Labute approximate surface area is 616 Å². The molecule has 6 aromatic rings. The van der Waals surface area contributed by atoms with E-state index in [0.29, 0.717) is 12.8 Å². The van der Waals surface area contributed by atoms with Crippen LogP contribution < -0.4 is 17.2 Å². The van der Waals surface area contributed by atoms with E-state index in [4.69, 9.17) is 68.5 Å². The SMILES string of the molecule is CCCCCCCCCCCCCCCC(=O)OCC(COC(=O)CCC(=O)OCC1C[C@@H](OP(=O)(O)OC[C@@H]2C[C@@H](OP(=O)(O)OC[C@@H]3C[C@@H](O)[C@H](n4cnc5c(N)ncnc54)O3)[C@H](n3cnc4c(N)ncnc43)O2)[C@H](n2cnc3c(N)ncnc32)O1)OC(=O)CCCCCCCCCCCCCCC. The molecule has 0 aromatic carbocycles. The molecule has 0 amide bonds. The van der Waals surface area contributed by atoms with Crippen molar-refractivity contribution in [2.24, 2.45) is 0 Å². The lowest BCUT2D eigenvalue weighted by atomic mass is 10.0. The van der Waals surface area contributed by atoms with E-state index in [1.165, 1.54) is 161 Å². The number of aromatic nitrogens is 12. The molecule has 12 atom stereocenters. The highest BCUT2D eigenvalue weighted by Gasteiger charge is 2.47. The number of rotatable bonds is 51. The van der Waals surface area contributed by atoms with E-state index in [0.717, 1.165) is 44.9 Å². The first-order chi connectivity index (χ1) is 51.3. The third kappa shape index (κ3) is 25.8. The molecule has 3 fully saturated rings. The lowest BCUT2D eigenvalue weighted by Gasteiger charge is -2.23. The molecule has 0 bridgehead atoms. The summed E-state index contributed by atoms with van der Waals surface area (Å²) in [6.45, 7) is 2.10. The van der Waals surface area contributed by atoms with Gasteiger partial charge in [-0.15, -0.1) is 0 Å². The summed E-state index contributed by atoms with van der Waals surface area (Å²) < 4.78 is 95.6. The van der Waals surface area contributed by atoms with Crippen LogP contribution in [0.1, 0.15) is 244 Å². The van der Waals surface area contributed by atoms with E-state index in [9.17, 15) is 43.2 Å². The number of carbonyl (C=O) groups is 4. The Hall–Kier alpha value is -7.01. The predicted octanol–water partition coefficient (Wildman–Crippen LogP) is 10.8. The summed E-state index contributed by atoms with van der Waals surface area (Å²) in [6.07, 6.45) is 25.1. The number of hydrogen-bond acceptors (Lipinski definition) is 30. The van der Waals surface area contributed by atoms with Gasteiger partial charge in [-0.1, -0.05) is 168 Å². The van der Waals surface area contributed by atoms with Gasteiger partial charge < -0.3 is 65.3 Å². The Bertz CT molecular complexity index is 3810. The largest absolute Gasteiger partial charge is 0.472 e. The molecule has 0 radical (unpaired) electrons. The average molecular weight is 1530 g/mol. The number of hydrogen-bond donors (Lipinski definition) is 6. The van der Waals surface area contributed by atoms with Crippen LogP contribution in [0.5, 0.6) is 0 Å². The lowest BCUT2D eigenvalue weighted by molar-refractivity contribution is -0.167. The van der Waals surface area contributed by atoms with Gasteiger partial charge in [-0.05, 0) is 12.8 Å². The van der Waals surface area contributed by atoms with Gasteiger partial charge in [-0.25, -0.2) is 54.0 Å². The van der Waals surface area contributed by atoms with E-state index in [2.05, 4.69) is 58.7 Å². The molecule has 3 aliphatic rings. The molecule has 0 spiro atoms. The number of unbranched alkanes of at least 4 members (excludes halogenated alkanes) is 24. The second-order valence-corrected chi connectivity index (χ2v) is 30.2. The van der Waals surface area contributed by atoms with Gasteiger partial charge in [0.05, 0.1) is 63.3 Å². The second-order valence-electron chi connectivity index (χ2n) is 27.4. The molecule has 588 valence electrons. The van der Waals surface area contributed by atoms with E-state index < -0.39 is 140 Å². The average Bonchev–Trinajstić information content (AvgIpc) is 1.64. The Morgan fingerprint density at radius 1 is 0.443 bits per heavy atom. The van der Waals surface area contributed by atoms with Crippen molar-refractivity contribution in [1.82, 2.24) is 58.6 Å². The van der Waals surface area contributed by atoms with E-state index >= 15 is 0 Å². The number of esters is 4. The summed E-state index contributed by atoms with van der Waals surface area (Å²) in [5, 5.41) is 11.0. The number of nitrogens with two attached hydrogens (primary N) is 3. The molecule has 4 unspecified atom stereocenters.